The number of hydrogen-bond donors (Lipinski definition) is 1. The lowest BCUT2D eigenvalue weighted by molar-refractivity contribution is 0.415. The van der Waals surface area contributed by atoms with E-state index >= 15 is 0 Å². The molecule has 0 saturated carbocycles. The molecular formula is C19H19NO3S. The topological polar surface area (TPSA) is 55.4 Å². The van der Waals surface area contributed by atoms with E-state index in [0.717, 1.165) is 22.1 Å². The smallest absolute Gasteiger partial charge is 0.241 e. The van der Waals surface area contributed by atoms with Crippen LogP contribution in [0.2, 0.25) is 0 Å². The maximum absolute atomic E-state index is 12.6. The fourth-order valence-electron chi connectivity index (χ4n) is 2.61. The van der Waals surface area contributed by atoms with Gasteiger partial charge in [0, 0.05) is 6.04 Å². The van der Waals surface area contributed by atoms with E-state index in [1.54, 1.807) is 25.3 Å². The second-order valence-electron chi connectivity index (χ2n) is 5.63. The molecule has 0 aliphatic carbocycles. The monoisotopic (exact) mass is 341 g/mol. The summed E-state index contributed by atoms with van der Waals surface area (Å²) in [5.41, 5.74) is 0.923. The van der Waals surface area contributed by atoms with E-state index in [1.807, 2.05) is 55.5 Å². The minimum atomic E-state index is -3.60. The molecule has 0 bridgehead atoms. The molecule has 3 aromatic rings. The van der Waals surface area contributed by atoms with Gasteiger partial charge in [0.25, 0.3) is 0 Å². The zero-order valence-electron chi connectivity index (χ0n) is 13.6. The molecule has 0 unspecified atom stereocenters. The Morgan fingerprint density at radius 1 is 0.917 bits per heavy atom. The summed E-state index contributed by atoms with van der Waals surface area (Å²) in [7, 11) is -1.99. The Balaban J connectivity index is 1.90. The van der Waals surface area contributed by atoms with Crippen molar-refractivity contribution in [3.8, 4) is 5.75 Å². The number of sulfonamides is 1. The number of hydrogen-bond acceptors (Lipinski definition) is 3. The maximum Gasteiger partial charge on any atom is 0.241 e. The van der Waals surface area contributed by atoms with Crippen molar-refractivity contribution in [3.63, 3.8) is 0 Å². The van der Waals surface area contributed by atoms with E-state index in [0.29, 0.717) is 0 Å². The number of rotatable bonds is 5. The van der Waals surface area contributed by atoms with Crippen LogP contribution in [0.1, 0.15) is 18.5 Å². The molecule has 3 rings (SSSR count). The van der Waals surface area contributed by atoms with Crippen LogP contribution in [0.4, 0.5) is 0 Å². The Morgan fingerprint density at radius 2 is 1.58 bits per heavy atom. The lowest BCUT2D eigenvalue weighted by atomic mass is 10.1. The molecule has 0 spiro atoms. The minimum Gasteiger partial charge on any atom is -0.497 e. The van der Waals surface area contributed by atoms with Crippen molar-refractivity contribution < 1.29 is 13.2 Å². The van der Waals surface area contributed by atoms with Crippen molar-refractivity contribution in [1.82, 2.24) is 4.72 Å². The first-order valence-electron chi connectivity index (χ1n) is 7.65. The second-order valence-corrected chi connectivity index (χ2v) is 7.34. The highest BCUT2D eigenvalue weighted by Gasteiger charge is 2.18. The van der Waals surface area contributed by atoms with E-state index in [-0.39, 0.29) is 10.9 Å². The number of fused-ring (bicyclic) bond motifs is 1. The van der Waals surface area contributed by atoms with Crippen LogP contribution in [0.5, 0.6) is 5.75 Å². The Bertz CT molecular complexity index is 953. The third kappa shape index (κ3) is 3.42. The van der Waals surface area contributed by atoms with Crippen molar-refractivity contribution in [2.45, 2.75) is 17.9 Å². The number of ether oxygens (including phenoxy) is 1. The molecule has 0 radical (unpaired) electrons. The van der Waals surface area contributed by atoms with Crippen LogP contribution in [0, 0.1) is 0 Å². The Hall–Kier alpha value is -2.37. The summed E-state index contributed by atoms with van der Waals surface area (Å²) in [6.45, 7) is 1.83. The predicted octanol–water partition coefficient (Wildman–Crippen LogP) is 3.89. The van der Waals surface area contributed by atoms with Gasteiger partial charge in [0.15, 0.2) is 0 Å². The summed E-state index contributed by atoms with van der Waals surface area (Å²) in [5, 5.41) is 1.79. The van der Waals surface area contributed by atoms with Crippen molar-refractivity contribution in [1.29, 1.82) is 0 Å². The van der Waals surface area contributed by atoms with Crippen LogP contribution < -0.4 is 9.46 Å². The molecule has 1 N–H and O–H groups in total. The van der Waals surface area contributed by atoms with Gasteiger partial charge in [-0.05, 0) is 47.5 Å². The van der Waals surface area contributed by atoms with Gasteiger partial charge in [-0.1, -0.05) is 42.5 Å². The molecule has 1 atom stereocenters. The largest absolute Gasteiger partial charge is 0.497 e. The van der Waals surface area contributed by atoms with Crippen LogP contribution in [0.3, 0.4) is 0 Å². The minimum absolute atomic E-state index is 0.253. The van der Waals surface area contributed by atoms with Crippen LogP contribution in [-0.4, -0.2) is 15.5 Å². The van der Waals surface area contributed by atoms with E-state index < -0.39 is 10.0 Å². The zero-order valence-corrected chi connectivity index (χ0v) is 14.4. The Labute approximate surface area is 142 Å². The molecule has 0 saturated heterocycles. The normalized spacial score (nSPS) is 12.9. The maximum atomic E-state index is 12.6. The first-order valence-corrected chi connectivity index (χ1v) is 9.13. The molecule has 4 nitrogen and oxygen atoms in total. The van der Waals surface area contributed by atoms with Crippen molar-refractivity contribution >= 4 is 20.8 Å². The lowest BCUT2D eigenvalue weighted by Crippen LogP contribution is -2.26. The molecule has 0 aliphatic heterocycles. The summed E-state index contributed by atoms with van der Waals surface area (Å²) in [6.07, 6.45) is 0. The first kappa shape index (κ1) is 16.5. The van der Waals surface area contributed by atoms with Gasteiger partial charge in [-0.3, -0.25) is 0 Å². The summed E-state index contributed by atoms with van der Waals surface area (Å²) < 4.78 is 33.2. The average molecular weight is 341 g/mol. The summed E-state index contributed by atoms with van der Waals surface area (Å²) in [5.74, 6) is 0.744. The predicted molar refractivity (Wildman–Crippen MR) is 95.7 cm³/mol. The van der Waals surface area contributed by atoms with E-state index in [1.165, 1.54) is 0 Å². The molecule has 0 amide bonds. The van der Waals surface area contributed by atoms with Gasteiger partial charge >= 0.3 is 0 Å². The summed E-state index contributed by atoms with van der Waals surface area (Å²) >= 11 is 0. The lowest BCUT2D eigenvalue weighted by Gasteiger charge is -2.15. The number of benzene rings is 3. The summed E-state index contributed by atoms with van der Waals surface area (Å²) in [6, 6.07) is 19.8. The molecular weight excluding hydrogens is 322 g/mol. The third-order valence-electron chi connectivity index (χ3n) is 3.96. The van der Waals surface area contributed by atoms with Gasteiger partial charge in [0.2, 0.25) is 10.0 Å². The first-order chi connectivity index (χ1) is 11.5. The Morgan fingerprint density at radius 3 is 2.29 bits per heavy atom. The van der Waals surface area contributed by atoms with Crippen molar-refractivity contribution in [2.75, 3.05) is 7.11 Å². The van der Waals surface area contributed by atoms with Crippen molar-refractivity contribution in [2.24, 2.45) is 0 Å². The van der Waals surface area contributed by atoms with Crippen molar-refractivity contribution in [3.05, 3.63) is 72.3 Å². The average Bonchev–Trinajstić information content (AvgIpc) is 2.61. The quantitative estimate of drug-likeness (QED) is 0.766. The molecule has 124 valence electrons. The highest BCUT2D eigenvalue weighted by Crippen LogP contribution is 2.24. The molecule has 0 fully saturated rings. The molecule has 5 heteroatoms. The fraction of sp³-hybridized carbons (Fsp3) is 0.158. The number of nitrogens with one attached hydrogen (secondary N) is 1. The van der Waals surface area contributed by atoms with Gasteiger partial charge in [-0.25, -0.2) is 13.1 Å². The molecule has 3 aromatic carbocycles. The Kier molecular flexibility index (Phi) is 4.55. The van der Waals surface area contributed by atoms with Crippen LogP contribution in [-0.2, 0) is 10.0 Å². The third-order valence-corrected chi connectivity index (χ3v) is 5.50. The SMILES string of the molecule is COc1ccc2cc(S(=O)(=O)N[C@@H](C)c3ccccc3)ccc2c1. The van der Waals surface area contributed by atoms with Gasteiger partial charge in [-0.2, -0.15) is 0 Å². The molecule has 0 aliphatic rings. The second kappa shape index (κ2) is 6.63. The highest BCUT2D eigenvalue weighted by atomic mass is 32.2. The van der Waals surface area contributed by atoms with Crippen LogP contribution >= 0.6 is 0 Å². The van der Waals surface area contributed by atoms with Gasteiger partial charge in [0.1, 0.15) is 5.75 Å². The standard InChI is InChI=1S/C19H19NO3S/c1-14(15-6-4-3-5-7-15)20-24(21,22)19-11-9-16-12-18(23-2)10-8-17(16)13-19/h3-14,20H,1-2H3/t14-/m0/s1. The van der Waals surface area contributed by atoms with Gasteiger partial charge in [0.05, 0.1) is 12.0 Å². The van der Waals surface area contributed by atoms with Crippen LogP contribution in [0.15, 0.2) is 71.6 Å². The van der Waals surface area contributed by atoms with E-state index in [2.05, 4.69) is 4.72 Å². The van der Waals surface area contributed by atoms with E-state index in [4.69, 9.17) is 4.74 Å². The van der Waals surface area contributed by atoms with Crippen LogP contribution in [0.25, 0.3) is 10.8 Å². The zero-order chi connectivity index (χ0) is 17.2. The van der Waals surface area contributed by atoms with Gasteiger partial charge in [-0.15, -0.1) is 0 Å². The summed E-state index contributed by atoms with van der Waals surface area (Å²) in [4.78, 5) is 0.253. The van der Waals surface area contributed by atoms with Gasteiger partial charge < -0.3 is 4.74 Å². The molecule has 24 heavy (non-hydrogen) atoms. The molecule has 0 heterocycles. The number of methoxy groups -OCH3 is 1. The van der Waals surface area contributed by atoms with E-state index in [9.17, 15) is 8.42 Å². The molecule has 0 aromatic heterocycles. The highest BCUT2D eigenvalue weighted by molar-refractivity contribution is 7.89. The fourth-order valence-corrected chi connectivity index (χ4v) is 3.87.